The predicted molar refractivity (Wildman–Crippen MR) is 95.0 cm³/mol. The van der Waals surface area contributed by atoms with Crippen LogP contribution in [0.15, 0.2) is 24.3 Å². The molecule has 0 bridgehead atoms. The highest BCUT2D eigenvalue weighted by molar-refractivity contribution is 5.47. The third kappa shape index (κ3) is 3.72. The minimum absolute atomic E-state index is 0.382. The van der Waals surface area contributed by atoms with Crippen LogP contribution in [0, 0.1) is 25.2 Å². The maximum atomic E-state index is 9.28. The highest BCUT2D eigenvalue weighted by Crippen LogP contribution is 2.21. The van der Waals surface area contributed by atoms with E-state index in [1.54, 1.807) is 0 Å². The average Bonchev–Trinajstić information content (AvgIpc) is 2.95. The molecule has 1 aromatic carbocycles. The molecule has 2 aromatic rings. The van der Waals surface area contributed by atoms with E-state index >= 15 is 0 Å². The fourth-order valence-corrected chi connectivity index (χ4v) is 3.16. The number of nitriles is 1. The van der Waals surface area contributed by atoms with Crippen LogP contribution >= 0.6 is 0 Å². The predicted octanol–water partition coefficient (Wildman–Crippen LogP) is 2.67. The van der Waals surface area contributed by atoms with Gasteiger partial charge < -0.3 is 10.2 Å². The van der Waals surface area contributed by atoms with Crippen molar-refractivity contribution in [1.82, 2.24) is 14.9 Å². The Morgan fingerprint density at radius 3 is 2.83 bits per heavy atom. The van der Waals surface area contributed by atoms with Crippen molar-refractivity contribution in [2.45, 2.75) is 32.7 Å². The van der Waals surface area contributed by atoms with Gasteiger partial charge in [-0.05, 0) is 39.4 Å². The molecule has 1 aliphatic heterocycles. The quantitative estimate of drug-likeness (QED) is 0.938. The highest BCUT2D eigenvalue weighted by Gasteiger charge is 2.21. The van der Waals surface area contributed by atoms with Crippen LogP contribution in [0.5, 0.6) is 0 Å². The van der Waals surface area contributed by atoms with Crippen LogP contribution in [0.1, 0.15) is 34.6 Å². The third-order valence-electron chi connectivity index (χ3n) is 4.43. The van der Waals surface area contributed by atoms with Crippen molar-refractivity contribution in [1.29, 1.82) is 5.26 Å². The smallest absolute Gasteiger partial charge is 0.162 e. The Bertz CT molecular complexity index is 778. The molecule has 1 N–H and O–H groups in total. The van der Waals surface area contributed by atoms with Gasteiger partial charge in [0.1, 0.15) is 11.9 Å². The Hall–Kier alpha value is -2.45. The number of aryl methyl sites for hydroxylation is 2. The number of anilines is 1. The van der Waals surface area contributed by atoms with Crippen LogP contribution < -0.4 is 5.32 Å². The molecule has 1 saturated heterocycles. The summed E-state index contributed by atoms with van der Waals surface area (Å²) in [6.07, 6.45) is 1.77. The van der Waals surface area contributed by atoms with E-state index in [4.69, 9.17) is 0 Å². The first-order valence-electron chi connectivity index (χ1n) is 8.33. The summed E-state index contributed by atoms with van der Waals surface area (Å²) in [6, 6.07) is 10.9. The molecule has 124 valence electrons. The molecule has 0 unspecified atom stereocenters. The number of nitrogens with one attached hydrogen (secondary N) is 1. The average molecular weight is 321 g/mol. The number of likely N-dealkylation sites (N-methyl/N-ethyl adjacent to an activating group) is 1. The summed E-state index contributed by atoms with van der Waals surface area (Å²) >= 11 is 0. The van der Waals surface area contributed by atoms with E-state index in [0.717, 1.165) is 31.0 Å². The molecule has 3 rings (SSSR count). The van der Waals surface area contributed by atoms with E-state index in [2.05, 4.69) is 64.5 Å². The lowest BCUT2D eigenvalue weighted by molar-refractivity contribution is 0.414. The molecule has 2 heterocycles. The molecule has 24 heavy (non-hydrogen) atoms. The van der Waals surface area contributed by atoms with Crippen LogP contribution in [-0.4, -0.2) is 41.0 Å². The van der Waals surface area contributed by atoms with Crippen molar-refractivity contribution < 1.29 is 0 Å². The minimum Gasteiger partial charge on any atom is -0.364 e. The van der Waals surface area contributed by atoms with Gasteiger partial charge in [0.25, 0.3) is 0 Å². The number of rotatable bonds is 4. The molecular formula is C19H23N5. The standard InChI is InChI=1S/C19H23N5/c1-13-5-4-6-15(9-13)10-17-19(21-14(2)18(11-20)23-17)22-16-7-8-24(3)12-16/h4-6,9,16H,7-8,10,12H2,1-3H3,(H,21,22)/t16-/m1/s1. The molecular weight excluding hydrogens is 298 g/mol. The van der Waals surface area contributed by atoms with Crippen molar-refractivity contribution in [3.63, 3.8) is 0 Å². The van der Waals surface area contributed by atoms with Crippen LogP contribution in [-0.2, 0) is 6.42 Å². The lowest BCUT2D eigenvalue weighted by Crippen LogP contribution is -2.25. The zero-order valence-corrected chi connectivity index (χ0v) is 14.5. The summed E-state index contributed by atoms with van der Waals surface area (Å²) < 4.78 is 0. The second kappa shape index (κ2) is 6.98. The fourth-order valence-electron chi connectivity index (χ4n) is 3.16. The number of benzene rings is 1. The first-order chi connectivity index (χ1) is 11.5. The summed E-state index contributed by atoms with van der Waals surface area (Å²) in [4.78, 5) is 11.5. The summed E-state index contributed by atoms with van der Waals surface area (Å²) in [6.45, 7) is 6.02. The molecule has 1 aromatic heterocycles. The molecule has 0 amide bonds. The Labute approximate surface area is 143 Å². The van der Waals surface area contributed by atoms with E-state index in [9.17, 15) is 5.26 Å². The van der Waals surface area contributed by atoms with Gasteiger partial charge in [-0.25, -0.2) is 9.97 Å². The first-order valence-corrected chi connectivity index (χ1v) is 8.33. The van der Waals surface area contributed by atoms with E-state index in [-0.39, 0.29) is 0 Å². The second-order valence-electron chi connectivity index (χ2n) is 6.62. The van der Waals surface area contributed by atoms with Gasteiger partial charge in [-0.15, -0.1) is 0 Å². The minimum atomic E-state index is 0.382. The van der Waals surface area contributed by atoms with Gasteiger partial charge in [-0.3, -0.25) is 0 Å². The fraction of sp³-hybridized carbons (Fsp3) is 0.421. The Morgan fingerprint density at radius 2 is 2.17 bits per heavy atom. The van der Waals surface area contributed by atoms with Crippen molar-refractivity contribution in [3.8, 4) is 6.07 Å². The van der Waals surface area contributed by atoms with Gasteiger partial charge in [-0.1, -0.05) is 29.8 Å². The van der Waals surface area contributed by atoms with Crippen molar-refractivity contribution >= 4 is 5.82 Å². The maximum Gasteiger partial charge on any atom is 0.162 e. The Morgan fingerprint density at radius 1 is 1.33 bits per heavy atom. The van der Waals surface area contributed by atoms with Crippen LogP contribution in [0.25, 0.3) is 0 Å². The number of nitrogens with zero attached hydrogens (tertiary/aromatic N) is 4. The van der Waals surface area contributed by atoms with E-state index in [0.29, 0.717) is 23.9 Å². The third-order valence-corrected chi connectivity index (χ3v) is 4.43. The van der Waals surface area contributed by atoms with Gasteiger partial charge in [-0.2, -0.15) is 5.26 Å². The lowest BCUT2D eigenvalue weighted by atomic mass is 10.1. The Balaban J connectivity index is 1.91. The molecule has 0 radical (unpaired) electrons. The SMILES string of the molecule is Cc1cccc(Cc2nc(C#N)c(C)nc2N[C@@H]2CCN(C)C2)c1. The van der Waals surface area contributed by atoms with Crippen molar-refractivity contribution in [3.05, 3.63) is 52.5 Å². The van der Waals surface area contributed by atoms with Gasteiger partial charge in [0.05, 0.1) is 11.4 Å². The van der Waals surface area contributed by atoms with E-state index in [1.807, 2.05) is 6.92 Å². The number of hydrogen-bond donors (Lipinski definition) is 1. The number of aromatic nitrogens is 2. The van der Waals surface area contributed by atoms with Crippen LogP contribution in [0.3, 0.4) is 0 Å². The number of hydrogen-bond acceptors (Lipinski definition) is 5. The van der Waals surface area contributed by atoms with Gasteiger partial charge in [0.15, 0.2) is 5.69 Å². The van der Waals surface area contributed by atoms with Gasteiger partial charge in [0.2, 0.25) is 0 Å². The summed E-state index contributed by atoms with van der Waals surface area (Å²) in [5.74, 6) is 0.813. The lowest BCUT2D eigenvalue weighted by Gasteiger charge is -2.17. The normalized spacial score (nSPS) is 17.7. The molecule has 0 aliphatic carbocycles. The monoisotopic (exact) mass is 321 g/mol. The van der Waals surface area contributed by atoms with E-state index < -0.39 is 0 Å². The second-order valence-corrected chi connectivity index (χ2v) is 6.62. The highest BCUT2D eigenvalue weighted by atomic mass is 15.2. The molecule has 1 aliphatic rings. The molecule has 1 fully saturated rings. The zero-order valence-electron chi connectivity index (χ0n) is 14.5. The Kier molecular flexibility index (Phi) is 4.77. The topological polar surface area (TPSA) is 64.8 Å². The summed E-state index contributed by atoms with van der Waals surface area (Å²) in [5.41, 5.74) is 4.34. The molecule has 0 spiro atoms. The van der Waals surface area contributed by atoms with Crippen molar-refractivity contribution in [2.24, 2.45) is 0 Å². The summed E-state index contributed by atoms with van der Waals surface area (Å²) in [7, 11) is 2.13. The van der Waals surface area contributed by atoms with Crippen molar-refractivity contribution in [2.75, 3.05) is 25.5 Å². The molecule has 0 saturated carbocycles. The maximum absolute atomic E-state index is 9.28. The molecule has 5 nitrogen and oxygen atoms in total. The zero-order chi connectivity index (χ0) is 17.1. The largest absolute Gasteiger partial charge is 0.364 e. The molecule has 5 heteroatoms. The van der Waals surface area contributed by atoms with Gasteiger partial charge >= 0.3 is 0 Å². The van der Waals surface area contributed by atoms with E-state index in [1.165, 1.54) is 11.1 Å². The van der Waals surface area contributed by atoms with Gasteiger partial charge in [0, 0.05) is 19.0 Å². The molecule has 1 atom stereocenters. The van der Waals surface area contributed by atoms with Crippen LogP contribution in [0.2, 0.25) is 0 Å². The first kappa shape index (κ1) is 16.4. The van der Waals surface area contributed by atoms with Crippen LogP contribution in [0.4, 0.5) is 5.82 Å². The number of likely N-dealkylation sites (tertiary alicyclic amines) is 1. The summed E-state index contributed by atoms with van der Waals surface area (Å²) in [5, 5.41) is 12.8.